The highest BCUT2D eigenvalue weighted by molar-refractivity contribution is 6.32. The number of halogens is 1. The van der Waals surface area contributed by atoms with Gasteiger partial charge in [0.05, 0.1) is 4.92 Å². The number of carbonyl (C=O) groups is 1. The van der Waals surface area contributed by atoms with Crippen molar-refractivity contribution in [2.45, 2.75) is 6.92 Å². The minimum Gasteiger partial charge on any atom is -0.307 e. The molecule has 1 amide bonds. The van der Waals surface area contributed by atoms with Crippen molar-refractivity contribution in [3.05, 3.63) is 68.9 Å². The van der Waals surface area contributed by atoms with Gasteiger partial charge in [0, 0.05) is 17.8 Å². The lowest BCUT2D eigenvalue weighted by atomic mass is 10.2. The van der Waals surface area contributed by atoms with Gasteiger partial charge in [0.25, 0.3) is 5.69 Å². The molecule has 2 aromatic rings. The Kier molecular flexibility index (Phi) is 4.85. The van der Waals surface area contributed by atoms with E-state index in [2.05, 4.69) is 10.3 Å². The van der Waals surface area contributed by atoms with Crippen molar-refractivity contribution >= 4 is 35.1 Å². The number of benzene rings is 1. The molecule has 0 aliphatic rings. The molecule has 0 saturated carbocycles. The first-order valence-corrected chi connectivity index (χ1v) is 6.70. The molecular formula is C15H12ClN3O3. The zero-order valence-corrected chi connectivity index (χ0v) is 12.4. The molecule has 0 atom stereocenters. The Hall–Kier alpha value is -2.73. The van der Waals surface area contributed by atoms with Crippen LogP contribution in [0.1, 0.15) is 11.3 Å². The number of anilines is 1. The van der Waals surface area contributed by atoms with Crippen molar-refractivity contribution < 1.29 is 9.72 Å². The van der Waals surface area contributed by atoms with Crippen molar-refractivity contribution in [3.63, 3.8) is 0 Å². The minimum atomic E-state index is -0.573. The number of pyridine rings is 1. The van der Waals surface area contributed by atoms with Gasteiger partial charge < -0.3 is 5.32 Å². The van der Waals surface area contributed by atoms with Crippen molar-refractivity contribution in [2.75, 3.05) is 5.32 Å². The normalized spacial score (nSPS) is 10.6. The van der Waals surface area contributed by atoms with E-state index in [-0.39, 0.29) is 16.6 Å². The number of carbonyl (C=O) groups excluding carboxylic acids is 1. The van der Waals surface area contributed by atoms with E-state index in [1.807, 2.05) is 13.0 Å². The van der Waals surface area contributed by atoms with Gasteiger partial charge in [-0.05, 0) is 36.8 Å². The highest BCUT2D eigenvalue weighted by atomic mass is 35.5. The number of nitro benzene ring substituents is 1. The maximum atomic E-state index is 11.8. The molecule has 1 N–H and O–H groups in total. The average Bonchev–Trinajstić information content (AvgIpc) is 2.46. The maximum Gasteiger partial charge on any atom is 0.288 e. The lowest BCUT2D eigenvalue weighted by molar-refractivity contribution is -0.384. The zero-order chi connectivity index (χ0) is 16.1. The second kappa shape index (κ2) is 6.82. The van der Waals surface area contributed by atoms with Crippen LogP contribution in [0.25, 0.3) is 6.08 Å². The molecule has 0 bridgehead atoms. The Bertz CT molecular complexity index is 759. The summed E-state index contributed by atoms with van der Waals surface area (Å²) in [6.45, 7) is 1.82. The van der Waals surface area contributed by atoms with Crippen LogP contribution in [0.4, 0.5) is 11.5 Å². The van der Waals surface area contributed by atoms with Crippen LogP contribution in [-0.4, -0.2) is 15.8 Å². The van der Waals surface area contributed by atoms with Crippen LogP contribution in [0.15, 0.2) is 42.5 Å². The van der Waals surface area contributed by atoms with Gasteiger partial charge in [-0.25, -0.2) is 4.98 Å². The molecule has 7 heteroatoms. The molecule has 0 aliphatic heterocycles. The number of amides is 1. The van der Waals surface area contributed by atoms with E-state index >= 15 is 0 Å². The summed E-state index contributed by atoms with van der Waals surface area (Å²) in [7, 11) is 0. The Balaban J connectivity index is 2.10. The monoisotopic (exact) mass is 317 g/mol. The maximum absolute atomic E-state index is 11.8. The van der Waals surface area contributed by atoms with Crippen LogP contribution < -0.4 is 5.32 Å². The molecule has 0 radical (unpaired) electrons. The van der Waals surface area contributed by atoms with Gasteiger partial charge in [0.1, 0.15) is 10.8 Å². The standard InChI is InChI=1S/C15H12ClN3O3/c1-10-3-2-4-14(17-10)18-15(20)8-6-11-5-7-12(16)13(9-11)19(21)22/h2-9H,1H3,(H,17,18,20)/b8-6+. The quantitative estimate of drug-likeness (QED) is 0.530. The summed E-state index contributed by atoms with van der Waals surface area (Å²) in [5.41, 5.74) is 1.09. The summed E-state index contributed by atoms with van der Waals surface area (Å²) in [6.07, 6.45) is 2.74. The van der Waals surface area contributed by atoms with Gasteiger partial charge in [-0.2, -0.15) is 0 Å². The topological polar surface area (TPSA) is 85.1 Å². The fourth-order valence-electron chi connectivity index (χ4n) is 1.73. The highest BCUT2D eigenvalue weighted by Gasteiger charge is 2.11. The first-order valence-electron chi connectivity index (χ1n) is 6.32. The molecule has 1 aromatic heterocycles. The second-order valence-electron chi connectivity index (χ2n) is 4.45. The largest absolute Gasteiger partial charge is 0.307 e. The van der Waals surface area contributed by atoms with Crippen LogP contribution in [0.5, 0.6) is 0 Å². The van der Waals surface area contributed by atoms with Gasteiger partial charge in [0.2, 0.25) is 5.91 Å². The minimum absolute atomic E-state index is 0.0514. The van der Waals surface area contributed by atoms with Crippen LogP contribution in [0.3, 0.4) is 0 Å². The molecular weight excluding hydrogens is 306 g/mol. The van der Waals surface area contributed by atoms with Gasteiger partial charge in [-0.15, -0.1) is 0 Å². The van der Waals surface area contributed by atoms with Crippen molar-refractivity contribution in [3.8, 4) is 0 Å². The predicted molar refractivity (Wildman–Crippen MR) is 84.7 cm³/mol. The molecule has 0 spiro atoms. The molecule has 2 rings (SSSR count). The Labute approximate surface area is 131 Å². The van der Waals surface area contributed by atoms with E-state index in [0.29, 0.717) is 11.4 Å². The predicted octanol–water partition coefficient (Wildman–Crippen LogP) is 3.60. The SMILES string of the molecule is Cc1cccc(NC(=O)/C=C/c2ccc(Cl)c([N+](=O)[O-])c2)n1. The zero-order valence-electron chi connectivity index (χ0n) is 11.6. The fourth-order valence-corrected chi connectivity index (χ4v) is 1.91. The Morgan fingerprint density at radius 2 is 2.14 bits per heavy atom. The van der Waals surface area contributed by atoms with Gasteiger partial charge >= 0.3 is 0 Å². The van der Waals surface area contributed by atoms with Gasteiger partial charge in [-0.1, -0.05) is 23.7 Å². The number of nitrogens with zero attached hydrogens (tertiary/aromatic N) is 2. The molecule has 1 heterocycles. The molecule has 0 aliphatic carbocycles. The van der Waals surface area contributed by atoms with Gasteiger partial charge in [0.15, 0.2) is 0 Å². The van der Waals surface area contributed by atoms with Crippen LogP contribution in [0.2, 0.25) is 5.02 Å². The van der Waals surface area contributed by atoms with E-state index in [0.717, 1.165) is 5.69 Å². The summed E-state index contributed by atoms with van der Waals surface area (Å²) in [6, 6.07) is 9.58. The van der Waals surface area contributed by atoms with E-state index in [9.17, 15) is 14.9 Å². The lowest BCUT2D eigenvalue weighted by Gasteiger charge is -2.01. The number of nitrogens with one attached hydrogen (secondary N) is 1. The molecule has 22 heavy (non-hydrogen) atoms. The molecule has 112 valence electrons. The van der Waals surface area contributed by atoms with Gasteiger partial charge in [-0.3, -0.25) is 14.9 Å². The van der Waals surface area contributed by atoms with Crippen LogP contribution >= 0.6 is 11.6 Å². The summed E-state index contributed by atoms with van der Waals surface area (Å²) in [5, 5.41) is 13.5. The third-order valence-electron chi connectivity index (χ3n) is 2.73. The Morgan fingerprint density at radius 3 is 2.82 bits per heavy atom. The first kappa shape index (κ1) is 15.7. The third-order valence-corrected chi connectivity index (χ3v) is 3.05. The highest BCUT2D eigenvalue weighted by Crippen LogP contribution is 2.25. The molecule has 0 unspecified atom stereocenters. The van der Waals surface area contributed by atoms with E-state index in [1.54, 1.807) is 18.2 Å². The van der Waals surface area contributed by atoms with E-state index < -0.39 is 4.92 Å². The number of hydrogen-bond acceptors (Lipinski definition) is 4. The fraction of sp³-hybridized carbons (Fsp3) is 0.0667. The van der Waals surface area contributed by atoms with Crippen molar-refractivity contribution in [1.29, 1.82) is 0 Å². The summed E-state index contributed by atoms with van der Waals surface area (Å²) in [5.74, 6) is 0.0624. The third kappa shape index (κ3) is 4.13. The number of aryl methyl sites for hydroxylation is 1. The molecule has 0 saturated heterocycles. The van der Waals surface area contributed by atoms with Crippen molar-refractivity contribution in [2.24, 2.45) is 0 Å². The van der Waals surface area contributed by atoms with Crippen molar-refractivity contribution in [1.82, 2.24) is 4.98 Å². The molecule has 1 aromatic carbocycles. The summed E-state index contributed by atoms with van der Waals surface area (Å²) in [4.78, 5) is 26.2. The average molecular weight is 318 g/mol. The number of aromatic nitrogens is 1. The van der Waals surface area contributed by atoms with E-state index in [1.165, 1.54) is 24.3 Å². The van der Waals surface area contributed by atoms with E-state index in [4.69, 9.17) is 11.6 Å². The first-order chi connectivity index (χ1) is 10.5. The molecule has 0 fully saturated rings. The summed E-state index contributed by atoms with van der Waals surface area (Å²) < 4.78 is 0. The van der Waals surface area contributed by atoms with Crippen LogP contribution in [-0.2, 0) is 4.79 Å². The second-order valence-corrected chi connectivity index (χ2v) is 4.86. The summed E-state index contributed by atoms with van der Waals surface area (Å²) >= 11 is 5.72. The smallest absolute Gasteiger partial charge is 0.288 e. The molecule has 6 nitrogen and oxygen atoms in total. The Morgan fingerprint density at radius 1 is 1.36 bits per heavy atom. The van der Waals surface area contributed by atoms with Crippen LogP contribution in [0, 0.1) is 17.0 Å². The number of nitro groups is 1. The lowest BCUT2D eigenvalue weighted by Crippen LogP contribution is -2.09. The number of rotatable bonds is 4. The number of hydrogen-bond donors (Lipinski definition) is 1.